The van der Waals surface area contributed by atoms with E-state index in [2.05, 4.69) is 9.88 Å². The molecule has 0 saturated carbocycles. The Labute approximate surface area is 102 Å². The predicted molar refractivity (Wildman–Crippen MR) is 68.4 cm³/mol. The van der Waals surface area contributed by atoms with Crippen LogP contribution in [0, 0.1) is 6.92 Å². The summed E-state index contributed by atoms with van der Waals surface area (Å²) in [6.07, 6.45) is 4.16. The zero-order chi connectivity index (χ0) is 12.4. The van der Waals surface area contributed by atoms with E-state index in [0.29, 0.717) is 0 Å². The highest BCUT2D eigenvalue weighted by molar-refractivity contribution is 6.00. The van der Waals surface area contributed by atoms with Crippen molar-refractivity contribution in [2.75, 3.05) is 32.1 Å². The molecule has 1 aromatic rings. The van der Waals surface area contributed by atoms with Crippen LogP contribution in [0.1, 0.15) is 28.8 Å². The van der Waals surface area contributed by atoms with Crippen LogP contribution in [0.5, 0.6) is 0 Å². The molecule has 0 N–H and O–H groups in total. The molecule has 1 saturated heterocycles. The molecule has 2 rings (SSSR count). The number of anilines is 1. The maximum atomic E-state index is 12.2. The predicted octanol–water partition coefficient (Wildman–Crippen LogP) is 1.69. The van der Waals surface area contributed by atoms with Gasteiger partial charge in [0.15, 0.2) is 0 Å². The van der Waals surface area contributed by atoms with Crippen LogP contribution in [0.4, 0.5) is 5.82 Å². The number of amides is 1. The van der Waals surface area contributed by atoms with Crippen molar-refractivity contribution in [3.63, 3.8) is 0 Å². The van der Waals surface area contributed by atoms with E-state index in [9.17, 15) is 4.79 Å². The van der Waals surface area contributed by atoms with Crippen LogP contribution in [0.2, 0.25) is 0 Å². The van der Waals surface area contributed by atoms with E-state index in [4.69, 9.17) is 0 Å². The molecule has 2 heterocycles. The number of carbonyl (C=O) groups excluding carboxylic acids is 1. The Kier molecular flexibility index (Phi) is 3.31. The third kappa shape index (κ3) is 2.25. The van der Waals surface area contributed by atoms with Gasteiger partial charge < -0.3 is 9.80 Å². The van der Waals surface area contributed by atoms with E-state index < -0.39 is 0 Å². The summed E-state index contributed by atoms with van der Waals surface area (Å²) in [5.74, 6) is 0.888. The first kappa shape index (κ1) is 11.9. The second-order valence-electron chi connectivity index (χ2n) is 4.72. The van der Waals surface area contributed by atoms with Gasteiger partial charge in [0.1, 0.15) is 5.82 Å². The minimum atomic E-state index is 0.0394. The van der Waals surface area contributed by atoms with Gasteiger partial charge in [0, 0.05) is 33.4 Å². The lowest BCUT2D eigenvalue weighted by molar-refractivity contribution is 0.0827. The number of hydrogen-bond acceptors (Lipinski definition) is 3. The summed E-state index contributed by atoms with van der Waals surface area (Å²) in [5.41, 5.74) is 1.75. The molecule has 0 radical (unpaired) electrons. The fourth-order valence-corrected chi connectivity index (χ4v) is 2.20. The first-order valence-corrected chi connectivity index (χ1v) is 6.03. The molecule has 92 valence electrons. The van der Waals surface area contributed by atoms with Gasteiger partial charge in [-0.1, -0.05) is 0 Å². The van der Waals surface area contributed by atoms with E-state index in [1.807, 2.05) is 13.0 Å². The number of aromatic nitrogens is 1. The fourth-order valence-electron chi connectivity index (χ4n) is 2.20. The second-order valence-corrected chi connectivity index (χ2v) is 4.72. The van der Waals surface area contributed by atoms with Crippen LogP contribution >= 0.6 is 0 Å². The Bertz CT molecular complexity index is 423. The van der Waals surface area contributed by atoms with Crippen molar-refractivity contribution in [2.45, 2.75) is 19.8 Å². The quantitative estimate of drug-likeness (QED) is 0.780. The van der Waals surface area contributed by atoms with E-state index >= 15 is 0 Å². The van der Waals surface area contributed by atoms with Crippen LogP contribution in [0.15, 0.2) is 12.3 Å². The van der Waals surface area contributed by atoms with Crippen LogP contribution < -0.4 is 4.90 Å². The molecule has 1 aliphatic rings. The number of hydrogen-bond donors (Lipinski definition) is 0. The Morgan fingerprint density at radius 2 is 2.00 bits per heavy atom. The molecule has 1 amide bonds. The summed E-state index contributed by atoms with van der Waals surface area (Å²) in [6, 6.07) is 1.90. The van der Waals surface area contributed by atoms with Gasteiger partial charge in [-0.2, -0.15) is 0 Å². The number of nitrogens with zero attached hydrogens (tertiary/aromatic N) is 3. The van der Waals surface area contributed by atoms with Gasteiger partial charge >= 0.3 is 0 Å². The highest BCUT2D eigenvalue weighted by atomic mass is 16.2. The van der Waals surface area contributed by atoms with Crippen LogP contribution in [0.3, 0.4) is 0 Å². The number of pyridine rings is 1. The first-order valence-electron chi connectivity index (χ1n) is 6.03. The van der Waals surface area contributed by atoms with Gasteiger partial charge in [0.2, 0.25) is 0 Å². The largest absolute Gasteiger partial charge is 0.356 e. The molecule has 1 aromatic heterocycles. The van der Waals surface area contributed by atoms with Gasteiger partial charge in [-0.3, -0.25) is 4.79 Å². The zero-order valence-electron chi connectivity index (χ0n) is 10.7. The molecule has 0 aromatic carbocycles. The van der Waals surface area contributed by atoms with Crippen molar-refractivity contribution in [1.29, 1.82) is 0 Å². The van der Waals surface area contributed by atoms with Gasteiger partial charge in [-0.05, 0) is 31.4 Å². The normalized spacial score (nSPS) is 15.1. The van der Waals surface area contributed by atoms with E-state index in [1.54, 1.807) is 25.2 Å². The summed E-state index contributed by atoms with van der Waals surface area (Å²) in [7, 11) is 3.56. The molecule has 0 unspecified atom stereocenters. The topological polar surface area (TPSA) is 36.4 Å². The molecule has 0 spiro atoms. The van der Waals surface area contributed by atoms with E-state index in [0.717, 1.165) is 30.0 Å². The SMILES string of the molecule is Cc1ccnc(N2CCCC2)c1C(=O)N(C)C. The van der Waals surface area contributed by atoms with Crippen molar-refractivity contribution in [3.8, 4) is 0 Å². The third-order valence-electron chi connectivity index (χ3n) is 3.16. The summed E-state index contributed by atoms with van der Waals surface area (Å²) in [4.78, 5) is 20.4. The maximum absolute atomic E-state index is 12.2. The Hall–Kier alpha value is -1.58. The lowest BCUT2D eigenvalue weighted by atomic mass is 10.1. The van der Waals surface area contributed by atoms with Gasteiger partial charge in [-0.15, -0.1) is 0 Å². The van der Waals surface area contributed by atoms with Crippen molar-refractivity contribution < 1.29 is 4.79 Å². The average Bonchev–Trinajstić information content (AvgIpc) is 2.81. The standard InChI is InChI=1S/C13H19N3O/c1-10-6-7-14-12(16-8-4-5-9-16)11(10)13(17)15(2)3/h6-7H,4-5,8-9H2,1-3H3. The fraction of sp³-hybridized carbons (Fsp3) is 0.538. The van der Waals surface area contributed by atoms with Crippen molar-refractivity contribution in [2.24, 2.45) is 0 Å². The van der Waals surface area contributed by atoms with Crippen LogP contribution in [0.25, 0.3) is 0 Å². The molecule has 1 fully saturated rings. The summed E-state index contributed by atoms with van der Waals surface area (Å²) < 4.78 is 0. The highest BCUT2D eigenvalue weighted by Gasteiger charge is 2.23. The van der Waals surface area contributed by atoms with Gasteiger partial charge in [0.05, 0.1) is 5.56 Å². The molecule has 4 heteroatoms. The molecule has 0 bridgehead atoms. The lowest BCUT2D eigenvalue weighted by Crippen LogP contribution is -2.28. The zero-order valence-corrected chi connectivity index (χ0v) is 10.7. The monoisotopic (exact) mass is 233 g/mol. The summed E-state index contributed by atoms with van der Waals surface area (Å²) in [5, 5.41) is 0. The molecule has 4 nitrogen and oxygen atoms in total. The molecule has 1 aliphatic heterocycles. The minimum Gasteiger partial charge on any atom is -0.356 e. The molecular weight excluding hydrogens is 214 g/mol. The van der Waals surface area contributed by atoms with Crippen molar-refractivity contribution >= 4 is 11.7 Å². The summed E-state index contributed by atoms with van der Waals surface area (Å²) in [6.45, 7) is 3.98. The maximum Gasteiger partial charge on any atom is 0.257 e. The lowest BCUT2D eigenvalue weighted by Gasteiger charge is -2.22. The molecular formula is C13H19N3O. The molecule has 0 atom stereocenters. The van der Waals surface area contributed by atoms with E-state index in [-0.39, 0.29) is 5.91 Å². The van der Waals surface area contributed by atoms with Crippen molar-refractivity contribution in [3.05, 3.63) is 23.4 Å². The third-order valence-corrected chi connectivity index (χ3v) is 3.16. The number of carbonyl (C=O) groups is 1. The number of aryl methyl sites for hydroxylation is 1. The smallest absolute Gasteiger partial charge is 0.257 e. The highest BCUT2D eigenvalue weighted by Crippen LogP contribution is 2.25. The first-order chi connectivity index (χ1) is 8.11. The average molecular weight is 233 g/mol. The Morgan fingerprint density at radius 1 is 1.35 bits per heavy atom. The van der Waals surface area contributed by atoms with Gasteiger partial charge in [-0.25, -0.2) is 4.98 Å². The second kappa shape index (κ2) is 4.73. The van der Waals surface area contributed by atoms with Gasteiger partial charge in [0.25, 0.3) is 5.91 Å². The van der Waals surface area contributed by atoms with Crippen LogP contribution in [-0.2, 0) is 0 Å². The van der Waals surface area contributed by atoms with Crippen LogP contribution in [-0.4, -0.2) is 43.0 Å². The molecule has 17 heavy (non-hydrogen) atoms. The van der Waals surface area contributed by atoms with E-state index in [1.165, 1.54) is 12.8 Å². The Balaban J connectivity index is 2.44. The van der Waals surface area contributed by atoms with Crippen molar-refractivity contribution in [1.82, 2.24) is 9.88 Å². The molecule has 0 aliphatic carbocycles. The number of rotatable bonds is 2. The Morgan fingerprint density at radius 3 is 2.59 bits per heavy atom. The minimum absolute atomic E-state index is 0.0394. The summed E-state index contributed by atoms with van der Waals surface area (Å²) >= 11 is 0.